The first-order valence-electron chi connectivity index (χ1n) is 8.70. The number of rotatable bonds is 4. The van der Waals surface area contributed by atoms with Gasteiger partial charge in [0.05, 0.1) is 17.8 Å². The molecule has 1 aliphatic heterocycles. The number of aromatic nitrogens is 2. The van der Waals surface area contributed by atoms with Crippen molar-refractivity contribution in [1.82, 2.24) is 14.9 Å². The summed E-state index contributed by atoms with van der Waals surface area (Å²) in [5, 5.41) is 10.8. The minimum absolute atomic E-state index is 0.0152. The van der Waals surface area contributed by atoms with Gasteiger partial charge >= 0.3 is 0 Å². The van der Waals surface area contributed by atoms with E-state index in [0.717, 1.165) is 60.7 Å². The maximum atomic E-state index is 9.77. The number of nitrogens with zero attached hydrogens (tertiary/aromatic N) is 4. The fourth-order valence-corrected chi connectivity index (χ4v) is 3.38. The van der Waals surface area contributed by atoms with E-state index in [1.165, 1.54) is 0 Å². The summed E-state index contributed by atoms with van der Waals surface area (Å²) in [6.07, 6.45) is 1.85. The second-order valence-electron chi connectivity index (χ2n) is 6.41. The van der Waals surface area contributed by atoms with Gasteiger partial charge in [0.15, 0.2) is 0 Å². The van der Waals surface area contributed by atoms with Gasteiger partial charge in [-0.15, -0.1) is 0 Å². The van der Waals surface area contributed by atoms with Crippen molar-refractivity contribution >= 4 is 16.7 Å². The van der Waals surface area contributed by atoms with Crippen molar-refractivity contribution in [3.8, 4) is 0 Å². The van der Waals surface area contributed by atoms with Gasteiger partial charge < -0.3 is 10.0 Å². The third-order valence-electron chi connectivity index (χ3n) is 4.73. The lowest BCUT2D eigenvalue weighted by Crippen LogP contribution is -2.46. The highest BCUT2D eigenvalue weighted by molar-refractivity contribution is 5.81. The zero-order valence-electron chi connectivity index (χ0n) is 14.2. The lowest BCUT2D eigenvalue weighted by molar-refractivity contribution is 0.245. The van der Waals surface area contributed by atoms with E-state index in [2.05, 4.69) is 26.9 Å². The van der Waals surface area contributed by atoms with Crippen molar-refractivity contribution in [2.75, 3.05) is 31.1 Å². The zero-order valence-corrected chi connectivity index (χ0v) is 14.2. The molecule has 0 atom stereocenters. The van der Waals surface area contributed by atoms with Crippen molar-refractivity contribution in [3.63, 3.8) is 0 Å². The molecule has 1 fully saturated rings. The van der Waals surface area contributed by atoms with Gasteiger partial charge in [-0.1, -0.05) is 24.3 Å². The average Bonchev–Trinajstić information content (AvgIpc) is 2.68. The third-order valence-corrected chi connectivity index (χ3v) is 4.73. The summed E-state index contributed by atoms with van der Waals surface area (Å²) in [5.41, 5.74) is 2.98. The summed E-state index contributed by atoms with van der Waals surface area (Å²) in [7, 11) is 0. The molecule has 0 spiro atoms. The molecule has 25 heavy (non-hydrogen) atoms. The Balaban J connectivity index is 1.49. The summed E-state index contributed by atoms with van der Waals surface area (Å²) in [6.45, 7) is 4.65. The summed E-state index contributed by atoms with van der Waals surface area (Å²) >= 11 is 0. The predicted octanol–water partition coefficient (Wildman–Crippen LogP) is 2.44. The van der Waals surface area contributed by atoms with Crippen LogP contribution < -0.4 is 4.90 Å². The van der Waals surface area contributed by atoms with E-state index in [1.54, 1.807) is 0 Å². The molecule has 128 valence electrons. The molecule has 0 amide bonds. The van der Waals surface area contributed by atoms with E-state index >= 15 is 0 Å². The Kier molecular flexibility index (Phi) is 4.59. The van der Waals surface area contributed by atoms with Crippen LogP contribution in [0, 0.1) is 0 Å². The molecule has 5 heteroatoms. The van der Waals surface area contributed by atoms with Crippen molar-refractivity contribution in [1.29, 1.82) is 0 Å². The summed E-state index contributed by atoms with van der Waals surface area (Å²) in [5.74, 6) is 0.915. The summed E-state index contributed by atoms with van der Waals surface area (Å²) in [6, 6.07) is 16.2. The number of para-hydroxylation sites is 1. The predicted molar refractivity (Wildman–Crippen MR) is 99.4 cm³/mol. The Morgan fingerprint density at radius 3 is 2.52 bits per heavy atom. The van der Waals surface area contributed by atoms with Gasteiger partial charge in [0.25, 0.3) is 0 Å². The number of hydrogen-bond acceptors (Lipinski definition) is 5. The molecule has 1 aromatic carbocycles. The SMILES string of the molecule is OCc1cc2ccccc2nc1N1CCN(Cc2ccccn2)CC1. The largest absolute Gasteiger partial charge is 0.392 e. The second kappa shape index (κ2) is 7.17. The van der Waals surface area contributed by atoms with Crippen LogP contribution in [0.2, 0.25) is 0 Å². The number of aliphatic hydroxyl groups is 1. The molecule has 0 saturated carbocycles. The first kappa shape index (κ1) is 16.0. The van der Waals surface area contributed by atoms with Crippen LogP contribution in [0.4, 0.5) is 5.82 Å². The summed E-state index contributed by atoms with van der Waals surface area (Å²) in [4.78, 5) is 13.9. The molecule has 1 aliphatic rings. The normalized spacial score (nSPS) is 15.6. The highest BCUT2D eigenvalue weighted by Gasteiger charge is 2.21. The highest BCUT2D eigenvalue weighted by Crippen LogP contribution is 2.25. The molecule has 2 aromatic heterocycles. The van der Waals surface area contributed by atoms with E-state index in [0.29, 0.717) is 0 Å². The number of hydrogen-bond donors (Lipinski definition) is 1. The van der Waals surface area contributed by atoms with E-state index in [9.17, 15) is 5.11 Å². The number of pyridine rings is 2. The van der Waals surface area contributed by atoms with Gasteiger partial charge in [-0.3, -0.25) is 9.88 Å². The Morgan fingerprint density at radius 2 is 1.76 bits per heavy atom. The quantitative estimate of drug-likeness (QED) is 0.794. The number of fused-ring (bicyclic) bond motifs is 1. The summed E-state index contributed by atoms with van der Waals surface area (Å²) < 4.78 is 0. The van der Waals surface area contributed by atoms with Gasteiger partial charge in [0, 0.05) is 49.9 Å². The molecular weight excluding hydrogens is 312 g/mol. The van der Waals surface area contributed by atoms with E-state index in [4.69, 9.17) is 4.98 Å². The first-order chi connectivity index (χ1) is 12.3. The maximum Gasteiger partial charge on any atom is 0.134 e. The minimum atomic E-state index is 0.0152. The van der Waals surface area contributed by atoms with Gasteiger partial charge in [0.2, 0.25) is 0 Å². The topological polar surface area (TPSA) is 52.5 Å². The number of piperazine rings is 1. The zero-order chi connectivity index (χ0) is 17.1. The Labute approximate surface area is 147 Å². The Morgan fingerprint density at radius 1 is 0.960 bits per heavy atom. The van der Waals surface area contributed by atoms with Crippen LogP contribution in [-0.2, 0) is 13.2 Å². The fourth-order valence-electron chi connectivity index (χ4n) is 3.38. The molecule has 5 nitrogen and oxygen atoms in total. The number of benzene rings is 1. The van der Waals surface area contributed by atoms with Crippen LogP contribution in [0.5, 0.6) is 0 Å². The Hall–Kier alpha value is -2.50. The molecule has 1 N–H and O–H groups in total. The average molecular weight is 334 g/mol. The minimum Gasteiger partial charge on any atom is -0.392 e. The lowest BCUT2D eigenvalue weighted by atomic mass is 10.1. The van der Waals surface area contributed by atoms with Crippen molar-refractivity contribution in [2.45, 2.75) is 13.2 Å². The molecule has 0 unspecified atom stereocenters. The van der Waals surface area contributed by atoms with Crippen LogP contribution in [0.15, 0.2) is 54.7 Å². The van der Waals surface area contributed by atoms with Crippen LogP contribution in [0.3, 0.4) is 0 Å². The molecule has 3 heterocycles. The smallest absolute Gasteiger partial charge is 0.134 e. The highest BCUT2D eigenvalue weighted by atomic mass is 16.3. The molecule has 1 saturated heterocycles. The molecule has 0 radical (unpaired) electrons. The standard InChI is InChI=1S/C20H22N4O/c25-15-17-13-16-5-1-2-7-19(16)22-20(17)24-11-9-23(10-12-24)14-18-6-3-4-8-21-18/h1-8,13,25H,9-12,14-15H2. The van der Waals surface area contributed by atoms with Crippen LogP contribution in [0.1, 0.15) is 11.3 Å². The third kappa shape index (κ3) is 3.48. The van der Waals surface area contributed by atoms with Crippen molar-refractivity contribution in [2.24, 2.45) is 0 Å². The van der Waals surface area contributed by atoms with Gasteiger partial charge in [0.1, 0.15) is 5.82 Å². The molecule has 3 aromatic rings. The van der Waals surface area contributed by atoms with E-state index in [1.807, 2.05) is 42.6 Å². The second-order valence-corrected chi connectivity index (χ2v) is 6.41. The monoisotopic (exact) mass is 334 g/mol. The van der Waals surface area contributed by atoms with E-state index in [-0.39, 0.29) is 6.61 Å². The van der Waals surface area contributed by atoms with E-state index < -0.39 is 0 Å². The van der Waals surface area contributed by atoms with Gasteiger partial charge in [-0.2, -0.15) is 0 Å². The lowest BCUT2D eigenvalue weighted by Gasteiger charge is -2.36. The number of anilines is 1. The van der Waals surface area contributed by atoms with Gasteiger partial charge in [-0.05, 0) is 24.3 Å². The molecule has 4 rings (SSSR count). The molecular formula is C20H22N4O. The molecule has 0 aliphatic carbocycles. The fraction of sp³-hybridized carbons (Fsp3) is 0.300. The van der Waals surface area contributed by atoms with Crippen molar-refractivity contribution in [3.05, 3.63) is 66.0 Å². The Bertz CT molecular complexity index is 845. The maximum absolute atomic E-state index is 9.77. The van der Waals surface area contributed by atoms with Crippen LogP contribution in [0.25, 0.3) is 10.9 Å². The van der Waals surface area contributed by atoms with Crippen molar-refractivity contribution < 1.29 is 5.11 Å². The van der Waals surface area contributed by atoms with Crippen LogP contribution >= 0.6 is 0 Å². The van der Waals surface area contributed by atoms with Crippen LogP contribution in [-0.4, -0.2) is 46.2 Å². The molecule has 0 bridgehead atoms. The van der Waals surface area contributed by atoms with Gasteiger partial charge in [-0.25, -0.2) is 4.98 Å². The first-order valence-corrected chi connectivity index (χ1v) is 8.70. The number of aliphatic hydroxyl groups excluding tert-OH is 1.